The first-order valence-electron chi connectivity index (χ1n) is 22.2. The number of aryl methyl sites for hydroxylation is 5. The smallest absolute Gasteiger partial charge is 0.389 e. The number of alkyl halides is 3. The molecule has 7 rings (SSSR count). The summed E-state index contributed by atoms with van der Waals surface area (Å²) in [6.07, 6.45) is 3.90. The molecular weight excluding hydrogens is 946 g/mol. The molecule has 1 N–H and O–H groups in total. The Hall–Kier alpha value is -4.65. The van der Waals surface area contributed by atoms with E-state index in [9.17, 15) is 23.1 Å². The molecule has 1 saturated carbocycles. The van der Waals surface area contributed by atoms with Crippen molar-refractivity contribution in [2.75, 3.05) is 0 Å². The Morgan fingerprint density at radius 1 is 0.770 bits per heavy atom. The Bertz CT molecular complexity index is 2510. The standard InChI is InChI=1S/C22H22N.C18H16N.C13H21F3O2.Ir/c1-15-11-16(2)13-20(12-15)22-21-8-7-18(17-5-3-4-6-17)14-19(21)9-10-23-22;1-12-4-5-17-15(9-12)6-7-19-18(17)16-10-13(2)8-14(3)11-16;1-4-9(5-2)11(17)7-12(18)10(6-3)8-13(14,15)16;/h7-12,14,17H,3-6H2,1-2H3;4-10H,1-3H3;7,9-10,18H,4-6,8H2,1-3H3;/q2*-1;;/b;;12-7-;/i9D,10D;;;. The van der Waals surface area contributed by atoms with Crippen molar-refractivity contribution in [2.24, 2.45) is 11.8 Å². The van der Waals surface area contributed by atoms with Crippen molar-refractivity contribution >= 4 is 27.3 Å². The van der Waals surface area contributed by atoms with Gasteiger partial charge in [-0.3, -0.25) is 4.79 Å². The average molecular weight is 1010 g/mol. The molecule has 0 bridgehead atoms. The molecule has 1 aliphatic carbocycles. The van der Waals surface area contributed by atoms with Crippen LogP contribution in [0.1, 0.15) is 114 Å². The fraction of sp³-hybridized carbons (Fsp3) is 0.377. The van der Waals surface area contributed by atoms with Gasteiger partial charge >= 0.3 is 6.18 Å². The van der Waals surface area contributed by atoms with E-state index in [2.05, 4.69) is 117 Å². The van der Waals surface area contributed by atoms with Crippen LogP contribution in [-0.4, -0.2) is 27.0 Å². The molecule has 325 valence electrons. The molecule has 6 aromatic rings. The molecule has 1 fully saturated rings. The van der Waals surface area contributed by atoms with Gasteiger partial charge in [0.25, 0.3) is 0 Å². The number of halogens is 3. The van der Waals surface area contributed by atoms with Crippen LogP contribution in [0.2, 0.25) is 0 Å². The second kappa shape index (κ2) is 22.4. The van der Waals surface area contributed by atoms with Crippen LogP contribution in [0.15, 0.2) is 97.0 Å². The van der Waals surface area contributed by atoms with Crippen LogP contribution in [0.25, 0.3) is 44.1 Å². The van der Waals surface area contributed by atoms with Gasteiger partial charge in [-0.2, -0.15) is 13.2 Å². The number of ketones is 1. The molecule has 1 radical (unpaired) electrons. The predicted octanol–water partition coefficient (Wildman–Crippen LogP) is 15.0. The van der Waals surface area contributed by atoms with Crippen LogP contribution in [0.3, 0.4) is 0 Å². The minimum absolute atomic E-state index is 0. The number of nitrogens with zero attached hydrogens (tertiary/aromatic N) is 2. The number of allylic oxidation sites excluding steroid dienone is 2. The van der Waals surface area contributed by atoms with Crippen LogP contribution in [0.5, 0.6) is 0 Å². The molecule has 0 aliphatic heterocycles. The summed E-state index contributed by atoms with van der Waals surface area (Å²) < 4.78 is 53.3. The zero-order valence-electron chi connectivity index (χ0n) is 38.6. The van der Waals surface area contributed by atoms with E-state index in [0.29, 0.717) is 18.8 Å². The average Bonchev–Trinajstić information content (AvgIpc) is 3.76. The van der Waals surface area contributed by atoms with Gasteiger partial charge in [0.1, 0.15) is 0 Å². The number of carbonyl (C=O) groups is 1. The molecule has 2 aromatic heterocycles. The number of carbonyl (C=O) groups excluding carboxylic acids is 1. The van der Waals surface area contributed by atoms with E-state index in [1.165, 1.54) is 53.1 Å². The largest absolute Gasteiger partial charge is 0.512 e. The third-order valence-corrected chi connectivity index (χ3v) is 11.3. The first kappa shape index (κ1) is 45.9. The quantitative estimate of drug-likeness (QED) is 0.0844. The van der Waals surface area contributed by atoms with Gasteiger partial charge in [-0.05, 0) is 95.6 Å². The van der Waals surface area contributed by atoms with E-state index in [1.54, 1.807) is 6.92 Å². The summed E-state index contributed by atoms with van der Waals surface area (Å²) in [5.41, 5.74) is 11.0. The monoisotopic (exact) mass is 1010 g/mol. The second-order valence-corrected chi connectivity index (χ2v) is 16.3. The number of aromatic nitrogens is 2. The van der Waals surface area contributed by atoms with Crippen LogP contribution in [0, 0.1) is 58.6 Å². The number of fused-ring (bicyclic) bond motifs is 2. The summed E-state index contributed by atoms with van der Waals surface area (Å²) in [6.45, 7) is 15.6. The van der Waals surface area contributed by atoms with E-state index < -0.39 is 24.3 Å². The zero-order chi connectivity index (χ0) is 45.3. The van der Waals surface area contributed by atoms with Gasteiger partial charge in [0.2, 0.25) is 0 Å². The molecule has 0 spiro atoms. The van der Waals surface area contributed by atoms with E-state index in [1.807, 2.05) is 27.0 Å². The first-order valence-corrected chi connectivity index (χ1v) is 21.2. The molecule has 8 heteroatoms. The summed E-state index contributed by atoms with van der Waals surface area (Å²) in [7, 11) is 0. The number of hydrogen-bond donors (Lipinski definition) is 1. The van der Waals surface area contributed by atoms with Crippen molar-refractivity contribution in [1.82, 2.24) is 9.97 Å². The molecule has 1 atom stereocenters. The maximum Gasteiger partial charge on any atom is 0.389 e. The minimum atomic E-state index is -4.33. The van der Waals surface area contributed by atoms with Crippen LogP contribution in [-0.2, 0) is 24.9 Å². The third kappa shape index (κ3) is 13.7. The van der Waals surface area contributed by atoms with E-state index >= 15 is 0 Å². The maximum atomic E-state index is 12.3. The molecule has 1 aliphatic rings. The number of benzene rings is 4. The van der Waals surface area contributed by atoms with E-state index in [0.717, 1.165) is 56.1 Å². The SMILES string of the molecule is CCC(CC)C(=O)/C=C(\O)C(CC)CC(F)(F)F.Cc1[c-]c(-c2nccc3cc(C)ccc23)cc(C)c1.[2H]c1nc(-c2[c-]c(C)cc(C)c2)c2ccc(C3CCCC3)cc2c1[2H].[Ir]. The number of aliphatic hydroxyl groups excluding tert-OH is 1. The molecule has 0 amide bonds. The Labute approximate surface area is 377 Å². The molecular formula is C53H59F3IrN2O2-2. The van der Waals surface area contributed by atoms with Gasteiger partial charge in [-0.15, -0.1) is 69.8 Å². The summed E-state index contributed by atoms with van der Waals surface area (Å²) in [5, 5.41) is 13.8. The van der Waals surface area contributed by atoms with Gasteiger partial charge in [0.05, 0.1) is 14.9 Å². The zero-order valence-corrected chi connectivity index (χ0v) is 39.0. The maximum absolute atomic E-state index is 12.3. The summed E-state index contributed by atoms with van der Waals surface area (Å²) in [5.74, 6) is -1.40. The third-order valence-electron chi connectivity index (χ3n) is 11.3. The molecule has 61 heavy (non-hydrogen) atoms. The summed E-state index contributed by atoms with van der Waals surface area (Å²) in [4.78, 5) is 20.7. The van der Waals surface area contributed by atoms with Crippen molar-refractivity contribution in [3.63, 3.8) is 0 Å². The number of pyridine rings is 2. The summed E-state index contributed by atoms with van der Waals surface area (Å²) >= 11 is 0. The summed E-state index contributed by atoms with van der Waals surface area (Å²) in [6, 6.07) is 30.4. The second-order valence-electron chi connectivity index (χ2n) is 16.3. The topological polar surface area (TPSA) is 63.1 Å². The molecule has 0 saturated heterocycles. The number of hydrogen-bond acceptors (Lipinski definition) is 4. The molecule has 4 nitrogen and oxygen atoms in total. The Morgan fingerprint density at radius 2 is 1.33 bits per heavy atom. The minimum Gasteiger partial charge on any atom is -0.512 e. The fourth-order valence-corrected chi connectivity index (χ4v) is 8.16. The van der Waals surface area contributed by atoms with Gasteiger partial charge < -0.3 is 15.1 Å². The van der Waals surface area contributed by atoms with Crippen LogP contribution in [0.4, 0.5) is 13.2 Å². The predicted molar refractivity (Wildman–Crippen MR) is 241 cm³/mol. The van der Waals surface area contributed by atoms with Crippen LogP contribution >= 0.6 is 0 Å². The fourth-order valence-electron chi connectivity index (χ4n) is 8.16. The van der Waals surface area contributed by atoms with Gasteiger partial charge in [-0.1, -0.05) is 103 Å². The van der Waals surface area contributed by atoms with Crippen molar-refractivity contribution < 1.29 is 45.9 Å². The van der Waals surface area contributed by atoms with Gasteiger partial charge in [0, 0.05) is 50.4 Å². The van der Waals surface area contributed by atoms with Crippen molar-refractivity contribution in [3.05, 3.63) is 142 Å². The Kier molecular flexibility index (Phi) is 16.9. The van der Waals surface area contributed by atoms with Crippen molar-refractivity contribution in [2.45, 2.75) is 119 Å². The Morgan fingerprint density at radius 3 is 1.89 bits per heavy atom. The van der Waals surface area contributed by atoms with E-state index in [4.69, 9.17) is 2.74 Å². The van der Waals surface area contributed by atoms with Crippen LogP contribution < -0.4 is 0 Å². The normalized spacial score (nSPS) is 14.1. The van der Waals surface area contributed by atoms with Crippen molar-refractivity contribution in [1.29, 1.82) is 0 Å². The van der Waals surface area contributed by atoms with E-state index in [-0.39, 0.29) is 50.4 Å². The molecule has 4 aromatic carbocycles. The first-order chi connectivity index (χ1) is 29.4. The Balaban J connectivity index is 0.000000210. The van der Waals surface area contributed by atoms with Gasteiger partial charge in [0.15, 0.2) is 5.78 Å². The van der Waals surface area contributed by atoms with Gasteiger partial charge in [-0.25, -0.2) is 0 Å². The molecule has 2 heterocycles. The number of aliphatic hydroxyl groups is 1. The van der Waals surface area contributed by atoms with Crippen molar-refractivity contribution in [3.8, 4) is 22.5 Å². The molecule has 1 unspecified atom stereocenters. The number of rotatable bonds is 10.